The summed E-state index contributed by atoms with van der Waals surface area (Å²) in [6.07, 6.45) is -1.44. The van der Waals surface area contributed by atoms with Gasteiger partial charge in [-0.05, 0) is 54.7 Å². The number of carbonyl (C=O) groups excluding carboxylic acids is 8. The van der Waals surface area contributed by atoms with Crippen LogP contribution in [-0.2, 0) is 44.8 Å². The van der Waals surface area contributed by atoms with Crippen molar-refractivity contribution >= 4 is 52.9 Å². The van der Waals surface area contributed by atoms with Gasteiger partial charge in [-0.1, -0.05) is 61.5 Å². The van der Waals surface area contributed by atoms with E-state index < -0.39 is 83.5 Å². The lowest BCUT2D eigenvalue weighted by molar-refractivity contribution is -0.200. The number of hydrogen-bond donors (Lipinski definition) is 4. The molecule has 6 unspecified atom stereocenters. The van der Waals surface area contributed by atoms with Gasteiger partial charge in [0, 0.05) is 66.2 Å². The number of hydrogen-bond acceptors (Lipinski definition) is 12. The Labute approximate surface area is 365 Å². The molecule has 0 radical (unpaired) electrons. The number of nitrogens with zero attached hydrogens (tertiary/aromatic N) is 5. The van der Waals surface area contributed by atoms with Gasteiger partial charge in [-0.2, -0.15) is 0 Å². The summed E-state index contributed by atoms with van der Waals surface area (Å²) in [6.45, 7) is 1.68. The first kappa shape index (κ1) is 45.7. The highest BCUT2D eigenvalue weighted by Gasteiger charge is 2.45. The van der Waals surface area contributed by atoms with Gasteiger partial charge in [-0.25, -0.2) is 4.79 Å². The van der Waals surface area contributed by atoms with E-state index in [-0.39, 0.29) is 62.1 Å². The number of phenolic OH excluding ortho intramolecular Hbond substituents is 1. The highest BCUT2D eigenvalue weighted by Crippen LogP contribution is 2.27. The lowest BCUT2D eigenvalue weighted by Crippen LogP contribution is -2.61. The zero-order valence-corrected chi connectivity index (χ0v) is 36.0. The van der Waals surface area contributed by atoms with Crippen molar-refractivity contribution in [2.45, 2.75) is 81.8 Å². The van der Waals surface area contributed by atoms with E-state index in [0.29, 0.717) is 12.0 Å². The smallest absolute Gasteiger partial charge is 0.352 e. The Morgan fingerprint density at radius 3 is 2.14 bits per heavy atom. The topological polar surface area (TPSA) is 218 Å². The molecule has 6 atom stereocenters. The molecule has 0 aliphatic carbocycles. The summed E-state index contributed by atoms with van der Waals surface area (Å²) in [5, 5.41) is 19.0. The van der Waals surface area contributed by atoms with Gasteiger partial charge in [-0.3, -0.25) is 33.6 Å². The number of likely N-dealkylation sites (N-methyl/N-ethyl adjacent to an activating group) is 2. The first-order valence-electron chi connectivity index (χ1n) is 20.9. The largest absolute Gasteiger partial charge is 0.507 e. The quantitative estimate of drug-likeness (QED) is 0.264. The van der Waals surface area contributed by atoms with Gasteiger partial charge in [-0.15, -0.1) is 5.06 Å². The highest BCUT2D eigenvalue weighted by molar-refractivity contribution is 6.01. The second-order valence-corrected chi connectivity index (χ2v) is 16.1. The number of nitrogens with one attached hydrogen (secondary N) is 3. The third-order valence-corrected chi connectivity index (χ3v) is 11.8. The summed E-state index contributed by atoms with van der Waals surface area (Å²) < 4.78 is 0. The molecule has 63 heavy (non-hydrogen) atoms. The predicted molar refractivity (Wildman–Crippen MR) is 228 cm³/mol. The Bertz CT molecular complexity index is 2220. The number of phenols is 1. The highest BCUT2D eigenvalue weighted by atomic mass is 16.7. The zero-order chi connectivity index (χ0) is 45.5. The van der Waals surface area contributed by atoms with Crippen molar-refractivity contribution in [2.24, 2.45) is 0 Å². The van der Waals surface area contributed by atoms with Gasteiger partial charge < -0.3 is 45.5 Å². The summed E-state index contributed by atoms with van der Waals surface area (Å²) in [5.41, 5.74) is 1.65. The van der Waals surface area contributed by atoms with Gasteiger partial charge in [0.1, 0.15) is 35.7 Å². The van der Waals surface area contributed by atoms with Crippen LogP contribution in [0.3, 0.4) is 0 Å². The van der Waals surface area contributed by atoms with Crippen molar-refractivity contribution in [3.8, 4) is 5.75 Å². The molecule has 0 saturated carbocycles. The first-order valence-corrected chi connectivity index (χ1v) is 20.9. The molecule has 3 saturated heterocycles. The third kappa shape index (κ3) is 10.3. The number of rotatable bonds is 7. The van der Waals surface area contributed by atoms with Gasteiger partial charge in [0.05, 0.1) is 5.56 Å². The molecule has 334 valence electrons. The van der Waals surface area contributed by atoms with Gasteiger partial charge in [0.25, 0.3) is 11.8 Å². The minimum atomic E-state index is -1.81. The number of ketones is 1. The molecule has 3 aromatic rings. The number of hydroxylamine groups is 2. The van der Waals surface area contributed by atoms with E-state index in [1.807, 2.05) is 43.3 Å². The van der Waals surface area contributed by atoms with Crippen molar-refractivity contribution in [1.82, 2.24) is 35.7 Å². The summed E-state index contributed by atoms with van der Waals surface area (Å²) in [4.78, 5) is 125. The van der Waals surface area contributed by atoms with Crippen LogP contribution in [-0.4, -0.2) is 144 Å². The molecule has 18 nitrogen and oxygen atoms in total. The van der Waals surface area contributed by atoms with E-state index in [0.717, 1.165) is 10.8 Å². The zero-order valence-electron chi connectivity index (χ0n) is 36.0. The fourth-order valence-corrected chi connectivity index (χ4v) is 8.13. The van der Waals surface area contributed by atoms with E-state index in [2.05, 4.69) is 16.0 Å². The van der Waals surface area contributed by atoms with Gasteiger partial charge in [0.15, 0.2) is 12.2 Å². The molecular formula is C45H54N8O10. The molecule has 3 fully saturated rings. The summed E-state index contributed by atoms with van der Waals surface area (Å²) in [5.74, 6) is -6.29. The monoisotopic (exact) mass is 866 g/mol. The van der Waals surface area contributed by atoms with Crippen molar-refractivity contribution in [2.75, 3.05) is 46.2 Å². The van der Waals surface area contributed by atoms with E-state index in [4.69, 9.17) is 4.84 Å². The van der Waals surface area contributed by atoms with E-state index in [1.165, 1.54) is 53.1 Å². The Morgan fingerprint density at radius 1 is 0.810 bits per heavy atom. The van der Waals surface area contributed by atoms with Crippen LogP contribution < -0.4 is 20.9 Å². The maximum atomic E-state index is 15.0. The standard InChI is InChI=1S/C45H54N8O10/c1-6-32-42(59)52-23-12-16-33(52)43(60)50(4)35(25-27-18-20-29(21-19-27)49(2)3)44(61)53-24-22-30(54)26-34(53)40(57)47-37(28-13-8-7-9-14-28)45(62)63-51(5)38(41(58)46-32)48-39(56)31-15-10-11-17-36(31)55/h7-11,13-15,17-21,32-35,37-38,55H,6,12,16,22-26H2,1-5H3,(H,46,58)(H,47,57)(H,48,56). The second kappa shape index (κ2) is 19.9. The number of para-hydroxylation sites is 1. The molecule has 6 amide bonds. The minimum absolute atomic E-state index is 0.0288. The van der Waals surface area contributed by atoms with Crippen LogP contribution >= 0.6 is 0 Å². The molecule has 0 bridgehead atoms. The van der Waals surface area contributed by atoms with Crippen LogP contribution in [0.5, 0.6) is 5.75 Å². The number of fused-ring (bicyclic) bond motifs is 2. The molecule has 3 aliphatic rings. The maximum Gasteiger partial charge on any atom is 0.352 e. The van der Waals surface area contributed by atoms with Crippen LogP contribution in [0.1, 0.15) is 66.6 Å². The van der Waals surface area contributed by atoms with Gasteiger partial charge >= 0.3 is 5.97 Å². The van der Waals surface area contributed by atoms with Crippen molar-refractivity contribution in [3.63, 3.8) is 0 Å². The SMILES string of the molecule is CCC1NC(=O)C(NC(=O)c2ccccc2O)N(C)OC(=O)C(c2ccccc2)NC(=O)C2CC(=O)CCN2C(=O)C(Cc2ccc(N(C)C)cc2)N(C)C(=O)C2CCCN2C1=O. The normalized spacial score (nSPS) is 24.6. The third-order valence-electron chi connectivity index (χ3n) is 11.8. The number of carbonyl (C=O) groups is 8. The number of benzene rings is 3. The van der Waals surface area contributed by atoms with E-state index in [1.54, 1.807) is 37.3 Å². The Hall–Kier alpha value is -6.82. The van der Waals surface area contributed by atoms with Gasteiger partial charge in [0.2, 0.25) is 23.6 Å². The Morgan fingerprint density at radius 2 is 1.48 bits per heavy atom. The van der Waals surface area contributed by atoms with Crippen LogP contribution in [0.25, 0.3) is 0 Å². The first-order chi connectivity index (χ1) is 30.1. The molecular weight excluding hydrogens is 813 g/mol. The fraction of sp³-hybridized carbons (Fsp3) is 0.422. The van der Waals surface area contributed by atoms with Crippen LogP contribution in [0.4, 0.5) is 5.69 Å². The summed E-state index contributed by atoms with van der Waals surface area (Å²) in [6, 6.07) is 14.6. The molecule has 0 spiro atoms. The fourth-order valence-electron chi connectivity index (χ4n) is 8.13. The molecule has 3 heterocycles. The number of Topliss-reactive ketones (excluding diaryl/α,β-unsaturated/α-hetero) is 1. The number of anilines is 1. The molecule has 18 heteroatoms. The molecule has 3 aliphatic heterocycles. The lowest BCUT2D eigenvalue weighted by Gasteiger charge is -2.40. The number of amides is 6. The Kier molecular flexibility index (Phi) is 14.4. The Balaban J connectivity index is 1.44. The molecule has 6 rings (SSSR count). The van der Waals surface area contributed by atoms with Crippen molar-refractivity contribution in [1.29, 1.82) is 0 Å². The predicted octanol–water partition coefficient (Wildman–Crippen LogP) is 1.29. The molecule has 3 aromatic carbocycles. The average Bonchev–Trinajstić information content (AvgIpc) is 3.77. The number of aromatic hydroxyl groups is 1. The van der Waals surface area contributed by atoms with Crippen LogP contribution in [0, 0.1) is 0 Å². The second-order valence-electron chi connectivity index (χ2n) is 16.1. The van der Waals surface area contributed by atoms with E-state index in [9.17, 15) is 43.5 Å². The molecule has 0 aromatic heterocycles. The average molecular weight is 867 g/mol. The van der Waals surface area contributed by atoms with E-state index >= 15 is 0 Å². The van der Waals surface area contributed by atoms with Crippen molar-refractivity contribution in [3.05, 3.63) is 95.6 Å². The summed E-state index contributed by atoms with van der Waals surface area (Å²) >= 11 is 0. The lowest BCUT2D eigenvalue weighted by atomic mass is 9.95. The van der Waals surface area contributed by atoms with Crippen molar-refractivity contribution < 1.29 is 48.3 Å². The van der Waals surface area contributed by atoms with Crippen LogP contribution in [0.15, 0.2) is 78.9 Å². The minimum Gasteiger partial charge on any atom is -0.507 e. The maximum absolute atomic E-state index is 15.0. The van der Waals surface area contributed by atoms with Crippen LogP contribution in [0.2, 0.25) is 0 Å². The molecule has 4 N–H and O–H groups in total. The number of piperidine rings is 1. The summed E-state index contributed by atoms with van der Waals surface area (Å²) in [7, 11) is 6.43.